The van der Waals surface area contributed by atoms with Crippen LogP contribution < -0.4 is 5.32 Å². The Balaban J connectivity index is 2.39. The summed E-state index contributed by atoms with van der Waals surface area (Å²) in [5.41, 5.74) is 1.00. The van der Waals surface area contributed by atoms with Crippen LogP contribution in [0.15, 0.2) is 6.33 Å². The second-order valence-corrected chi connectivity index (χ2v) is 4.64. The third-order valence-corrected chi connectivity index (χ3v) is 2.90. The molecule has 5 heteroatoms. The van der Waals surface area contributed by atoms with Gasteiger partial charge in [-0.2, -0.15) is 0 Å². The van der Waals surface area contributed by atoms with Gasteiger partial charge in [0.25, 0.3) is 0 Å². The van der Waals surface area contributed by atoms with E-state index >= 15 is 0 Å². The number of unbranched alkanes of at least 4 members (excludes halogenated alkanes) is 1. The Morgan fingerprint density at radius 2 is 2.06 bits per heavy atom. The van der Waals surface area contributed by atoms with E-state index in [-0.39, 0.29) is 0 Å². The number of nitrogens with zero attached hydrogens (tertiary/aromatic N) is 3. The fraction of sp³-hybridized carbons (Fsp3) is 0.667. The number of aromatic nitrogens is 2. The van der Waals surface area contributed by atoms with Crippen molar-refractivity contribution in [2.45, 2.75) is 26.2 Å². The lowest BCUT2D eigenvalue weighted by atomic mass is 10.2. The van der Waals surface area contributed by atoms with Crippen LogP contribution in [0.4, 0.5) is 5.82 Å². The zero-order chi connectivity index (χ0) is 12.7. The Labute approximate surface area is 108 Å². The first-order valence-corrected chi connectivity index (χ1v) is 6.41. The van der Waals surface area contributed by atoms with Gasteiger partial charge in [-0.05, 0) is 39.9 Å². The average Bonchev–Trinajstić information content (AvgIpc) is 2.28. The number of halogens is 1. The second-order valence-electron chi connectivity index (χ2n) is 4.28. The fourth-order valence-electron chi connectivity index (χ4n) is 1.62. The molecule has 1 aromatic heterocycles. The van der Waals surface area contributed by atoms with E-state index in [1.54, 1.807) is 0 Å². The van der Waals surface area contributed by atoms with Crippen LogP contribution in [0.2, 0.25) is 5.15 Å². The molecule has 0 aliphatic carbocycles. The molecule has 0 radical (unpaired) electrons. The normalized spacial score (nSPS) is 10.9. The maximum absolute atomic E-state index is 6.01. The molecule has 0 aliphatic rings. The third-order valence-electron chi connectivity index (χ3n) is 2.57. The Morgan fingerprint density at radius 3 is 2.71 bits per heavy atom. The van der Waals surface area contributed by atoms with E-state index in [1.165, 1.54) is 12.7 Å². The topological polar surface area (TPSA) is 41.1 Å². The molecule has 96 valence electrons. The predicted octanol–water partition coefficient (Wildman–Crippen LogP) is 2.45. The van der Waals surface area contributed by atoms with Gasteiger partial charge in [0.15, 0.2) is 0 Å². The zero-order valence-corrected chi connectivity index (χ0v) is 11.6. The van der Waals surface area contributed by atoms with Crippen LogP contribution in [-0.4, -0.2) is 42.1 Å². The summed E-state index contributed by atoms with van der Waals surface area (Å²) in [6.45, 7) is 4.10. The molecule has 1 aromatic rings. The van der Waals surface area contributed by atoms with Gasteiger partial charge in [0.2, 0.25) is 0 Å². The molecule has 0 saturated heterocycles. The molecule has 1 heterocycles. The molecule has 0 spiro atoms. The molecular formula is C12H21ClN4. The quantitative estimate of drug-likeness (QED) is 0.601. The van der Waals surface area contributed by atoms with Crippen molar-refractivity contribution in [3.63, 3.8) is 0 Å². The summed E-state index contributed by atoms with van der Waals surface area (Å²) in [4.78, 5) is 10.4. The highest BCUT2D eigenvalue weighted by atomic mass is 35.5. The highest BCUT2D eigenvalue weighted by Gasteiger charge is 2.06. The van der Waals surface area contributed by atoms with Crippen LogP contribution in [0.5, 0.6) is 0 Å². The van der Waals surface area contributed by atoms with E-state index in [9.17, 15) is 0 Å². The van der Waals surface area contributed by atoms with Crippen molar-refractivity contribution < 1.29 is 0 Å². The van der Waals surface area contributed by atoms with Gasteiger partial charge in [-0.3, -0.25) is 0 Å². The van der Waals surface area contributed by atoms with E-state index in [4.69, 9.17) is 11.6 Å². The second kappa shape index (κ2) is 7.45. The number of hydrogen-bond donors (Lipinski definition) is 1. The fourth-order valence-corrected chi connectivity index (χ4v) is 1.88. The minimum atomic E-state index is 0.554. The first-order valence-electron chi connectivity index (χ1n) is 6.03. The Morgan fingerprint density at radius 1 is 1.29 bits per heavy atom. The van der Waals surface area contributed by atoms with Crippen molar-refractivity contribution in [1.82, 2.24) is 14.9 Å². The van der Waals surface area contributed by atoms with Crippen molar-refractivity contribution >= 4 is 17.4 Å². The molecule has 0 atom stereocenters. The Kier molecular flexibility index (Phi) is 6.22. The lowest BCUT2D eigenvalue weighted by molar-refractivity contribution is 0.396. The average molecular weight is 257 g/mol. The van der Waals surface area contributed by atoms with Gasteiger partial charge in [0, 0.05) is 12.1 Å². The molecule has 0 bridgehead atoms. The van der Waals surface area contributed by atoms with Gasteiger partial charge < -0.3 is 10.2 Å². The van der Waals surface area contributed by atoms with Crippen molar-refractivity contribution in [2.24, 2.45) is 0 Å². The van der Waals surface area contributed by atoms with E-state index in [0.29, 0.717) is 5.15 Å². The smallest absolute Gasteiger partial charge is 0.137 e. The predicted molar refractivity (Wildman–Crippen MR) is 72.7 cm³/mol. The highest BCUT2D eigenvalue weighted by molar-refractivity contribution is 6.30. The Hall–Kier alpha value is -0.870. The van der Waals surface area contributed by atoms with Crippen LogP contribution in [0.3, 0.4) is 0 Å². The van der Waals surface area contributed by atoms with Gasteiger partial charge in [0.1, 0.15) is 17.3 Å². The molecular weight excluding hydrogens is 236 g/mol. The highest BCUT2D eigenvalue weighted by Crippen LogP contribution is 2.19. The lowest BCUT2D eigenvalue weighted by Gasteiger charge is -2.11. The molecule has 0 saturated carbocycles. The summed E-state index contributed by atoms with van der Waals surface area (Å²) in [5.74, 6) is 0.873. The lowest BCUT2D eigenvalue weighted by Crippen LogP contribution is -2.14. The maximum atomic E-state index is 6.01. The summed E-state index contributed by atoms with van der Waals surface area (Å²) in [6.07, 6.45) is 4.66. The van der Waals surface area contributed by atoms with Crippen molar-refractivity contribution in [3.05, 3.63) is 17.0 Å². The molecule has 0 aliphatic heterocycles. The number of nitrogens with one attached hydrogen (secondary N) is 1. The molecule has 17 heavy (non-hydrogen) atoms. The third kappa shape index (κ3) is 4.88. The summed E-state index contributed by atoms with van der Waals surface area (Å²) in [7, 11) is 4.18. The monoisotopic (exact) mass is 256 g/mol. The van der Waals surface area contributed by atoms with Crippen LogP contribution in [0, 0.1) is 0 Å². The number of hydrogen-bond acceptors (Lipinski definition) is 4. The first kappa shape index (κ1) is 14.2. The van der Waals surface area contributed by atoms with Crippen LogP contribution >= 0.6 is 11.6 Å². The van der Waals surface area contributed by atoms with Gasteiger partial charge in [-0.1, -0.05) is 18.5 Å². The van der Waals surface area contributed by atoms with Crippen LogP contribution in [-0.2, 0) is 6.42 Å². The van der Waals surface area contributed by atoms with Gasteiger partial charge in [0.05, 0.1) is 0 Å². The summed E-state index contributed by atoms with van der Waals surface area (Å²) < 4.78 is 0. The maximum Gasteiger partial charge on any atom is 0.137 e. The molecule has 4 nitrogen and oxygen atoms in total. The number of anilines is 1. The van der Waals surface area contributed by atoms with Crippen molar-refractivity contribution in [3.8, 4) is 0 Å². The van der Waals surface area contributed by atoms with Gasteiger partial charge in [-0.15, -0.1) is 0 Å². The molecule has 0 amide bonds. The van der Waals surface area contributed by atoms with Gasteiger partial charge in [-0.25, -0.2) is 9.97 Å². The summed E-state index contributed by atoms with van der Waals surface area (Å²) in [6, 6.07) is 0. The minimum Gasteiger partial charge on any atom is -0.370 e. The van der Waals surface area contributed by atoms with Crippen LogP contribution in [0.1, 0.15) is 25.3 Å². The van der Waals surface area contributed by atoms with E-state index < -0.39 is 0 Å². The van der Waals surface area contributed by atoms with Gasteiger partial charge >= 0.3 is 0 Å². The molecule has 1 N–H and O–H groups in total. The molecule has 0 aromatic carbocycles. The SMILES string of the molecule is CCc1c(Cl)ncnc1NCCCCN(C)C. The van der Waals surface area contributed by atoms with E-state index in [0.717, 1.165) is 37.3 Å². The first-order chi connectivity index (χ1) is 8.15. The van der Waals surface area contributed by atoms with Crippen molar-refractivity contribution in [2.75, 3.05) is 32.5 Å². The largest absolute Gasteiger partial charge is 0.370 e. The molecule has 0 unspecified atom stereocenters. The number of rotatable bonds is 7. The van der Waals surface area contributed by atoms with Crippen molar-refractivity contribution in [1.29, 1.82) is 0 Å². The molecule has 1 rings (SSSR count). The van der Waals surface area contributed by atoms with E-state index in [2.05, 4.69) is 41.2 Å². The summed E-state index contributed by atoms with van der Waals surface area (Å²) in [5, 5.41) is 3.88. The van der Waals surface area contributed by atoms with E-state index in [1.807, 2.05) is 0 Å². The minimum absolute atomic E-state index is 0.554. The summed E-state index contributed by atoms with van der Waals surface area (Å²) >= 11 is 6.01. The standard InChI is InChI=1S/C12H21ClN4/c1-4-10-11(13)15-9-16-12(10)14-7-5-6-8-17(2)3/h9H,4-8H2,1-3H3,(H,14,15,16). The molecule has 0 fully saturated rings. The Bertz CT molecular complexity index is 341. The zero-order valence-electron chi connectivity index (χ0n) is 10.8. The van der Waals surface area contributed by atoms with Crippen LogP contribution in [0.25, 0.3) is 0 Å².